The van der Waals surface area contributed by atoms with Crippen LogP contribution in [-0.2, 0) is 22.4 Å². The van der Waals surface area contributed by atoms with Gasteiger partial charge in [-0.25, -0.2) is 20.3 Å². The number of carbonyl (C=O) groups is 4. The van der Waals surface area contributed by atoms with E-state index in [1.807, 2.05) is 25.3 Å². The molecule has 15 nitrogen and oxygen atoms in total. The summed E-state index contributed by atoms with van der Waals surface area (Å²) in [5.41, 5.74) is 10.7. The molecule has 0 radical (unpaired) electrons. The minimum atomic E-state index is -1.15. The van der Waals surface area contributed by atoms with Gasteiger partial charge < -0.3 is 26.0 Å². The topological polar surface area (TPSA) is 224 Å². The molecule has 17 heteroatoms. The van der Waals surface area contributed by atoms with Gasteiger partial charge in [0, 0.05) is 22.5 Å². The Labute approximate surface area is 355 Å². The molecule has 0 aromatic heterocycles. The number of aliphatic hydroxyl groups excluding tert-OH is 2. The number of halogens is 2. The fraction of sp³-hybridized carbons (Fsp3) is 0.286. The molecular weight excluding hydrogens is 799 g/mol. The molecule has 0 aliphatic rings. The fourth-order valence-electron chi connectivity index (χ4n) is 5.01. The number of aliphatic carboxylic acids is 1. The number of carboxylic acids is 1. The standard InChI is InChI=1S/C20H21ClN4O3.C13H15ClN2O3.C7H8N2O.2CH4/c1-4-14-15(10-11-16(22-3)17(14)21)23-18(12(2)26)20(28)25-24-19(27)13-8-6-5-7-9-13;1-4-8-9(5-6-10(15-3)11(8)14)16-12(7(2)17)13(18)19;8-9-7(10)6-4-2-1-3-5-6;;/h5-12,18,23,26H,4H2,1-2H3,(H,24,27)(H,25,28);5-7,12,16-17H,4H2,1-2H3,(H,18,19);1-5H,8H2,(H,9,10);2*1H4/t12-,18+;7-,12+;;;/m00.../s1. The van der Waals surface area contributed by atoms with Gasteiger partial charge in [0.1, 0.15) is 6.04 Å². The first kappa shape index (κ1) is 52.8. The third-order valence-corrected chi connectivity index (χ3v) is 8.87. The van der Waals surface area contributed by atoms with Crippen molar-refractivity contribution in [2.75, 3.05) is 10.6 Å². The number of hydrogen-bond donors (Lipinski definition) is 9. The summed E-state index contributed by atoms with van der Waals surface area (Å²) in [7, 11) is 0. The lowest BCUT2D eigenvalue weighted by molar-refractivity contribution is -0.140. The first-order chi connectivity index (χ1) is 27.1. The molecule has 0 aliphatic heterocycles. The van der Waals surface area contributed by atoms with Crippen molar-refractivity contribution in [1.82, 2.24) is 16.3 Å². The Kier molecular flexibility index (Phi) is 23.9. The highest BCUT2D eigenvalue weighted by Crippen LogP contribution is 2.35. The molecule has 316 valence electrons. The number of aliphatic hydroxyl groups is 2. The van der Waals surface area contributed by atoms with E-state index < -0.39 is 42.1 Å². The molecule has 59 heavy (non-hydrogen) atoms. The van der Waals surface area contributed by atoms with Gasteiger partial charge in [-0.2, -0.15) is 0 Å². The van der Waals surface area contributed by atoms with Gasteiger partial charge in [-0.05, 0) is 74.2 Å². The number of carboxylic acid groups (broad SMARTS) is 1. The number of carbonyl (C=O) groups excluding carboxylic acids is 3. The highest BCUT2D eigenvalue weighted by Gasteiger charge is 2.26. The molecule has 10 N–H and O–H groups in total. The van der Waals surface area contributed by atoms with Crippen molar-refractivity contribution in [3.05, 3.63) is 140 Å². The molecule has 3 amide bonds. The van der Waals surface area contributed by atoms with Crippen LogP contribution in [0.3, 0.4) is 0 Å². The third kappa shape index (κ3) is 15.6. The normalized spacial score (nSPS) is 11.7. The lowest BCUT2D eigenvalue weighted by Gasteiger charge is -2.24. The summed E-state index contributed by atoms with van der Waals surface area (Å²) >= 11 is 12.3. The number of nitrogens with zero attached hydrogens (tertiary/aromatic N) is 2. The second kappa shape index (κ2) is 26.7. The molecule has 4 aromatic carbocycles. The van der Waals surface area contributed by atoms with E-state index in [1.54, 1.807) is 72.8 Å². The van der Waals surface area contributed by atoms with Gasteiger partial charge in [-0.3, -0.25) is 30.7 Å². The summed E-state index contributed by atoms with van der Waals surface area (Å²) in [6, 6.07) is 21.4. The van der Waals surface area contributed by atoms with E-state index in [0.717, 1.165) is 0 Å². The molecule has 0 unspecified atom stereocenters. The summed E-state index contributed by atoms with van der Waals surface area (Å²) in [6.07, 6.45) is -1.03. The van der Waals surface area contributed by atoms with E-state index in [4.69, 9.17) is 47.3 Å². The lowest BCUT2D eigenvalue weighted by atomic mass is 10.1. The Morgan fingerprint density at radius 2 is 1.05 bits per heavy atom. The smallest absolute Gasteiger partial charge is 0.328 e. The van der Waals surface area contributed by atoms with Gasteiger partial charge in [0.05, 0.1) is 35.4 Å². The number of rotatable bonds is 12. The maximum absolute atomic E-state index is 12.5. The van der Waals surface area contributed by atoms with Gasteiger partial charge in [0.2, 0.25) is 11.4 Å². The minimum Gasteiger partial charge on any atom is -0.480 e. The Hall–Kier alpha value is -6.20. The van der Waals surface area contributed by atoms with E-state index in [9.17, 15) is 29.4 Å². The first-order valence-corrected chi connectivity index (χ1v) is 18.1. The number of nitrogen functional groups attached to an aromatic ring is 1. The van der Waals surface area contributed by atoms with Crippen LogP contribution >= 0.6 is 23.2 Å². The van der Waals surface area contributed by atoms with Gasteiger partial charge in [0.15, 0.2) is 6.04 Å². The number of nitrogens with one attached hydrogen (secondary N) is 5. The van der Waals surface area contributed by atoms with E-state index in [-0.39, 0.29) is 20.8 Å². The average Bonchev–Trinajstić information content (AvgIpc) is 3.21. The SMILES string of the molecule is C.C.NNC(=O)c1ccccc1.[C-]#[N+]c1ccc(N[C@@H](C(=O)NNC(=O)c2ccccc2)[C@H](C)O)c(CC)c1Cl.[C-]#[N+]c1ccc(N[C@@H](C(=O)O)[C@H](C)O)c(CC)c1Cl. The monoisotopic (exact) mass is 850 g/mol. The average molecular weight is 852 g/mol. The molecule has 4 atom stereocenters. The van der Waals surface area contributed by atoms with Gasteiger partial charge in [-0.1, -0.05) is 100 Å². The maximum atomic E-state index is 12.5. The molecule has 4 rings (SSSR count). The van der Waals surface area contributed by atoms with E-state index in [1.165, 1.54) is 19.9 Å². The molecule has 0 heterocycles. The number of benzene rings is 4. The molecular formula is C42H52Cl2N8O7. The van der Waals surface area contributed by atoms with E-state index in [2.05, 4.69) is 31.2 Å². The maximum Gasteiger partial charge on any atom is 0.328 e. The van der Waals surface area contributed by atoms with Gasteiger partial charge in [0.25, 0.3) is 17.7 Å². The molecule has 0 saturated heterocycles. The second-order valence-electron chi connectivity index (χ2n) is 12.0. The number of hydrazine groups is 2. The molecule has 0 saturated carbocycles. The molecule has 0 bridgehead atoms. The van der Waals surface area contributed by atoms with Crippen molar-refractivity contribution in [2.24, 2.45) is 5.84 Å². The van der Waals surface area contributed by atoms with Crippen LogP contribution < -0.4 is 32.8 Å². The molecule has 0 spiro atoms. The van der Waals surface area contributed by atoms with Crippen LogP contribution in [0, 0.1) is 13.1 Å². The van der Waals surface area contributed by atoms with Crippen LogP contribution in [0.5, 0.6) is 0 Å². The van der Waals surface area contributed by atoms with Crippen molar-refractivity contribution >= 4 is 69.6 Å². The lowest BCUT2D eigenvalue weighted by Crippen LogP contribution is -2.52. The summed E-state index contributed by atoms with van der Waals surface area (Å²) in [6.45, 7) is 20.7. The number of nitrogens with two attached hydrogens (primary N) is 1. The van der Waals surface area contributed by atoms with Crippen LogP contribution in [0.25, 0.3) is 9.69 Å². The summed E-state index contributed by atoms with van der Waals surface area (Å²) in [5.74, 6) is 2.40. The minimum absolute atomic E-state index is 0. The molecule has 0 fully saturated rings. The van der Waals surface area contributed by atoms with Crippen molar-refractivity contribution < 1.29 is 34.5 Å². The van der Waals surface area contributed by atoms with Crippen LogP contribution in [0.4, 0.5) is 22.7 Å². The second-order valence-corrected chi connectivity index (χ2v) is 12.7. The quantitative estimate of drug-likeness (QED) is 0.0299. The summed E-state index contributed by atoms with van der Waals surface area (Å²) in [4.78, 5) is 53.0. The number of anilines is 2. The Bertz CT molecular complexity index is 2070. The largest absolute Gasteiger partial charge is 0.480 e. The zero-order chi connectivity index (χ0) is 42.7. The van der Waals surface area contributed by atoms with Crippen molar-refractivity contribution in [1.29, 1.82) is 0 Å². The Morgan fingerprint density at radius 3 is 1.39 bits per heavy atom. The van der Waals surface area contributed by atoms with Crippen LogP contribution in [0.15, 0.2) is 84.9 Å². The van der Waals surface area contributed by atoms with Crippen molar-refractivity contribution in [2.45, 2.75) is 79.7 Å². The Morgan fingerprint density at radius 1 is 0.661 bits per heavy atom. The number of hydrogen-bond acceptors (Lipinski definition) is 9. The predicted molar refractivity (Wildman–Crippen MR) is 234 cm³/mol. The summed E-state index contributed by atoms with van der Waals surface area (Å²) in [5, 5.41) is 34.9. The predicted octanol–water partition coefficient (Wildman–Crippen LogP) is 7.34. The van der Waals surface area contributed by atoms with Crippen molar-refractivity contribution in [3.8, 4) is 0 Å². The molecule has 0 aliphatic carbocycles. The highest BCUT2D eigenvalue weighted by molar-refractivity contribution is 6.35. The Balaban J connectivity index is 0.000000936. The first-order valence-electron chi connectivity index (χ1n) is 17.4. The van der Waals surface area contributed by atoms with E-state index >= 15 is 0 Å². The van der Waals surface area contributed by atoms with Crippen LogP contribution in [0.1, 0.15) is 74.4 Å². The van der Waals surface area contributed by atoms with Crippen LogP contribution in [0.2, 0.25) is 10.0 Å². The number of amides is 3. The van der Waals surface area contributed by atoms with Gasteiger partial charge in [-0.15, -0.1) is 0 Å². The van der Waals surface area contributed by atoms with E-state index in [0.29, 0.717) is 67.9 Å². The fourth-order valence-corrected chi connectivity index (χ4v) is 5.69. The van der Waals surface area contributed by atoms with Crippen molar-refractivity contribution in [3.63, 3.8) is 0 Å². The van der Waals surface area contributed by atoms with Crippen LogP contribution in [-0.4, -0.2) is 63.3 Å². The third-order valence-electron chi connectivity index (χ3n) is 8.03. The highest BCUT2D eigenvalue weighted by atomic mass is 35.5. The zero-order valence-electron chi connectivity index (χ0n) is 31.5. The van der Waals surface area contributed by atoms with Gasteiger partial charge >= 0.3 is 5.97 Å². The zero-order valence-corrected chi connectivity index (χ0v) is 33.0. The molecule has 4 aromatic rings. The summed E-state index contributed by atoms with van der Waals surface area (Å²) < 4.78 is 0.